The van der Waals surface area contributed by atoms with E-state index in [1.54, 1.807) is 7.11 Å². The van der Waals surface area contributed by atoms with Gasteiger partial charge in [-0.2, -0.15) is 0 Å². The number of ether oxygens (including phenoxy) is 1. The van der Waals surface area contributed by atoms with E-state index in [1.807, 2.05) is 30.3 Å². The fourth-order valence-corrected chi connectivity index (χ4v) is 3.02. The summed E-state index contributed by atoms with van der Waals surface area (Å²) < 4.78 is 8.44. The third-order valence-electron chi connectivity index (χ3n) is 3.46. The molecule has 0 atom stereocenters. The number of rotatable bonds is 3. The van der Waals surface area contributed by atoms with Crippen molar-refractivity contribution in [2.45, 2.75) is 12.8 Å². The van der Waals surface area contributed by atoms with Crippen LogP contribution < -0.4 is 4.74 Å². The van der Waals surface area contributed by atoms with E-state index in [9.17, 15) is 0 Å². The molecule has 108 valence electrons. The van der Waals surface area contributed by atoms with Gasteiger partial charge in [-0.1, -0.05) is 12.1 Å². The Balaban J connectivity index is 2.36. The average molecular weight is 366 g/mol. The molecule has 3 nitrogen and oxygen atoms in total. The highest BCUT2D eigenvalue weighted by molar-refractivity contribution is 9.10. The minimum absolute atomic E-state index is 0.345. The van der Waals surface area contributed by atoms with Crippen LogP contribution in [-0.4, -0.2) is 16.7 Å². The summed E-state index contributed by atoms with van der Waals surface area (Å²) in [5.74, 6) is 1.96. The van der Waals surface area contributed by atoms with Crippen molar-refractivity contribution in [3.63, 3.8) is 0 Å². The molecule has 0 fully saturated rings. The molecule has 0 saturated carbocycles. The Kier molecular flexibility index (Phi) is 3.91. The molecule has 0 radical (unpaired) electrons. The van der Waals surface area contributed by atoms with Crippen molar-refractivity contribution >= 4 is 38.6 Å². The normalized spacial score (nSPS) is 11.0. The summed E-state index contributed by atoms with van der Waals surface area (Å²) >= 11 is 9.75. The van der Waals surface area contributed by atoms with Gasteiger partial charge in [0.1, 0.15) is 11.6 Å². The lowest BCUT2D eigenvalue weighted by atomic mass is 10.2. The van der Waals surface area contributed by atoms with Crippen LogP contribution in [0.5, 0.6) is 5.75 Å². The zero-order valence-corrected chi connectivity index (χ0v) is 14.1. The minimum atomic E-state index is 0.345. The van der Waals surface area contributed by atoms with Crippen LogP contribution in [0.15, 0.2) is 40.9 Å². The maximum Gasteiger partial charge on any atom is 0.129 e. The molecule has 1 aromatic heterocycles. The van der Waals surface area contributed by atoms with Crippen LogP contribution in [0, 0.1) is 6.92 Å². The first-order valence-corrected chi connectivity index (χ1v) is 7.85. The molecule has 0 amide bonds. The lowest BCUT2D eigenvalue weighted by molar-refractivity contribution is 0.415. The predicted octanol–water partition coefficient (Wildman–Crippen LogP) is 4.84. The van der Waals surface area contributed by atoms with E-state index in [0.29, 0.717) is 5.88 Å². The molecular weight excluding hydrogens is 352 g/mol. The molecule has 0 aliphatic heterocycles. The fraction of sp³-hybridized carbons (Fsp3) is 0.188. The summed E-state index contributed by atoms with van der Waals surface area (Å²) in [5, 5.41) is 0. The molecule has 0 aliphatic rings. The van der Waals surface area contributed by atoms with Gasteiger partial charge in [0.2, 0.25) is 0 Å². The molecule has 0 aliphatic carbocycles. The Morgan fingerprint density at radius 1 is 1.29 bits per heavy atom. The van der Waals surface area contributed by atoms with E-state index < -0.39 is 0 Å². The van der Waals surface area contributed by atoms with Crippen molar-refractivity contribution in [3.8, 4) is 11.4 Å². The summed E-state index contributed by atoms with van der Waals surface area (Å²) in [6, 6.07) is 12.0. The first-order chi connectivity index (χ1) is 10.2. The van der Waals surface area contributed by atoms with Gasteiger partial charge in [0.15, 0.2) is 0 Å². The second kappa shape index (κ2) is 5.70. The Morgan fingerprint density at radius 2 is 2.10 bits per heavy atom. The van der Waals surface area contributed by atoms with E-state index in [2.05, 4.69) is 38.5 Å². The van der Waals surface area contributed by atoms with Gasteiger partial charge in [0.05, 0.1) is 29.7 Å². The lowest BCUT2D eigenvalue weighted by Gasteiger charge is -2.12. The molecule has 0 saturated heterocycles. The zero-order chi connectivity index (χ0) is 15.0. The molecule has 3 rings (SSSR count). The number of imidazole rings is 1. The van der Waals surface area contributed by atoms with Crippen LogP contribution in [0.2, 0.25) is 0 Å². The molecule has 0 spiro atoms. The van der Waals surface area contributed by atoms with Crippen LogP contribution in [0.25, 0.3) is 16.7 Å². The summed E-state index contributed by atoms with van der Waals surface area (Å²) in [4.78, 5) is 4.61. The standard InChI is InChI=1S/C16H14BrClN2O/c1-10-4-3-5-13(16(10)17)20-14-8-11(21-2)6-7-12(14)19-15(20)9-18/h3-8H,9H2,1-2H3. The third-order valence-corrected chi connectivity index (χ3v) is 4.73. The molecule has 5 heteroatoms. The minimum Gasteiger partial charge on any atom is -0.497 e. The number of halogens is 2. The predicted molar refractivity (Wildman–Crippen MR) is 89.6 cm³/mol. The summed E-state index contributed by atoms with van der Waals surface area (Å²) in [7, 11) is 1.66. The largest absolute Gasteiger partial charge is 0.497 e. The Bertz CT molecular complexity index is 813. The fourth-order valence-electron chi connectivity index (χ4n) is 2.40. The first-order valence-electron chi connectivity index (χ1n) is 6.52. The highest BCUT2D eigenvalue weighted by Gasteiger charge is 2.15. The maximum atomic E-state index is 6.09. The van der Waals surface area contributed by atoms with Gasteiger partial charge in [-0.3, -0.25) is 4.57 Å². The number of alkyl halides is 1. The van der Waals surface area contributed by atoms with Gasteiger partial charge in [-0.05, 0) is 46.6 Å². The second-order valence-corrected chi connectivity index (χ2v) is 5.82. The number of benzene rings is 2. The summed E-state index contributed by atoms with van der Waals surface area (Å²) in [5.41, 5.74) is 4.08. The lowest BCUT2D eigenvalue weighted by Crippen LogP contribution is -2.01. The molecule has 2 aromatic carbocycles. The van der Waals surface area contributed by atoms with Gasteiger partial charge in [-0.25, -0.2) is 4.98 Å². The second-order valence-electron chi connectivity index (χ2n) is 4.76. The van der Waals surface area contributed by atoms with E-state index >= 15 is 0 Å². The number of aromatic nitrogens is 2. The molecule has 21 heavy (non-hydrogen) atoms. The average Bonchev–Trinajstić information content (AvgIpc) is 2.87. The van der Waals surface area contributed by atoms with Crippen LogP contribution in [-0.2, 0) is 5.88 Å². The number of methoxy groups -OCH3 is 1. The highest BCUT2D eigenvalue weighted by Crippen LogP contribution is 2.31. The van der Waals surface area contributed by atoms with Crippen molar-refractivity contribution in [1.29, 1.82) is 0 Å². The van der Waals surface area contributed by atoms with Gasteiger partial charge in [-0.15, -0.1) is 11.6 Å². The Labute approximate surface area is 136 Å². The molecule has 0 unspecified atom stereocenters. The van der Waals surface area contributed by atoms with Crippen LogP contribution in [0.3, 0.4) is 0 Å². The third kappa shape index (κ3) is 2.43. The van der Waals surface area contributed by atoms with Gasteiger partial charge in [0, 0.05) is 10.5 Å². The van der Waals surface area contributed by atoms with Crippen LogP contribution in [0.1, 0.15) is 11.4 Å². The van der Waals surface area contributed by atoms with Crippen LogP contribution >= 0.6 is 27.5 Å². The van der Waals surface area contributed by atoms with Crippen molar-refractivity contribution < 1.29 is 4.74 Å². The number of fused-ring (bicyclic) bond motifs is 1. The first kappa shape index (κ1) is 14.4. The van der Waals surface area contributed by atoms with E-state index in [-0.39, 0.29) is 0 Å². The number of nitrogens with zero attached hydrogens (tertiary/aromatic N) is 2. The smallest absolute Gasteiger partial charge is 0.129 e. The van der Waals surface area contributed by atoms with Crippen molar-refractivity contribution in [1.82, 2.24) is 9.55 Å². The number of hydrogen-bond donors (Lipinski definition) is 0. The van der Waals surface area contributed by atoms with Crippen molar-refractivity contribution in [2.24, 2.45) is 0 Å². The maximum absolute atomic E-state index is 6.09. The van der Waals surface area contributed by atoms with Gasteiger partial charge >= 0.3 is 0 Å². The topological polar surface area (TPSA) is 27.1 Å². The molecule has 0 N–H and O–H groups in total. The Hall–Kier alpha value is -1.52. The van der Waals surface area contributed by atoms with Gasteiger partial charge < -0.3 is 4.74 Å². The Morgan fingerprint density at radius 3 is 2.81 bits per heavy atom. The molecular formula is C16H14BrClN2O. The SMILES string of the molecule is COc1ccc2nc(CCl)n(-c3cccc(C)c3Br)c2c1. The molecule has 0 bridgehead atoms. The monoisotopic (exact) mass is 364 g/mol. The zero-order valence-electron chi connectivity index (χ0n) is 11.7. The number of aryl methyl sites for hydroxylation is 1. The van der Waals surface area contributed by atoms with E-state index in [0.717, 1.165) is 38.3 Å². The van der Waals surface area contributed by atoms with Crippen molar-refractivity contribution in [3.05, 3.63) is 52.3 Å². The summed E-state index contributed by atoms with van der Waals surface area (Å²) in [6.07, 6.45) is 0. The van der Waals surface area contributed by atoms with E-state index in [4.69, 9.17) is 16.3 Å². The quantitative estimate of drug-likeness (QED) is 0.621. The van der Waals surface area contributed by atoms with Crippen LogP contribution in [0.4, 0.5) is 0 Å². The summed E-state index contributed by atoms with van der Waals surface area (Å²) in [6.45, 7) is 2.06. The highest BCUT2D eigenvalue weighted by atomic mass is 79.9. The van der Waals surface area contributed by atoms with Gasteiger partial charge in [0.25, 0.3) is 0 Å². The van der Waals surface area contributed by atoms with Crippen molar-refractivity contribution in [2.75, 3.05) is 7.11 Å². The van der Waals surface area contributed by atoms with E-state index in [1.165, 1.54) is 0 Å². The molecule has 1 heterocycles. The molecule has 3 aromatic rings. The number of hydrogen-bond acceptors (Lipinski definition) is 2.